The Morgan fingerprint density at radius 1 is 0.947 bits per heavy atom. The maximum absolute atomic E-state index is 13.0. The molecule has 0 spiro atoms. The molecule has 0 unspecified atom stereocenters. The number of carbonyl (C=O) groups is 1. The summed E-state index contributed by atoms with van der Waals surface area (Å²) in [6, 6.07) is 12.0. The van der Waals surface area contributed by atoms with Crippen LogP contribution in [-0.4, -0.2) is 44.7 Å². The third kappa shape index (κ3) is 8.11. The largest absolute Gasteiger partial charge is 0.493 e. The van der Waals surface area contributed by atoms with Crippen LogP contribution < -0.4 is 9.47 Å². The number of unbranched alkanes of at least 4 members (excludes halogenated alkanes) is 6. The van der Waals surface area contributed by atoms with E-state index < -0.39 is 10.0 Å². The summed E-state index contributed by atoms with van der Waals surface area (Å²) in [4.78, 5) is 14.9. The van der Waals surface area contributed by atoms with Crippen molar-refractivity contribution in [2.45, 2.75) is 70.6 Å². The number of carbonyl (C=O) groups excluding carboxylic acids is 1. The molecule has 1 heterocycles. The summed E-state index contributed by atoms with van der Waals surface area (Å²) in [5.41, 5.74) is 1.70. The van der Waals surface area contributed by atoms with Gasteiger partial charge in [-0.3, -0.25) is 9.69 Å². The number of amides is 1. The van der Waals surface area contributed by atoms with Crippen LogP contribution in [0.5, 0.6) is 11.5 Å². The van der Waals surface area contributed by atoms with Crippen molar-refractivity contribution in [1.29, 1.82) is 0 Å². The van der Waals surface area contributed by atoms with Gasteiger partial charge >= 0.3 is 0 Å². The lowest BCUT2D eigenvalue weighted by molar-refractivity contribution is -0.122. The lowest BCUT2D eigenvalue weighted by atomic mass is 10.1. The highest BCUT2D eigenvalue weighted by atomic mass is 32.2. The molecule has 0 aliphatic carbocycles. The summed E-state index contributed by atoms with van der Waals surface area (Å²) in [5.74, 6) is 0.960. The zero-order chi connectivity index (χ0) is 27.5. The number of benzene rings is 2. The van der Waals surface area contributed by atoms with Crippen LogP contribution in [0.25, 0.3) is 6.08 Å². The lowest BCUT2D eigenvalue weighted by Gasteiger charge is -2.12. The van der Waals surface area contributed by atoms with Crippen molar-refractivity contribution in [3.63, 3.8) is 0 Å². The number of amidine groups is 1. The minimum absolute atomic E-state index is 0.0916. The monoisotopic (exact) mass is 558 g/mol. The summed E-state index contributed by atoms with van der Waals surface area (Å²) < 4.78 is 41.2. The van der Waals surface area contributed by atoms with Crippen molar-refractivity contribution < 1.29 is 22.7 Å². The molecule has 1 aliphatic heterocycles. The van der Waals surface area contributed by atoms with E-state index in [9.17, 15) is 13.2 Å². The Morgan fingerprint density at radius 2 is 1.63 bits per heavy atom. The van der Waals surface area contributed by atoms with Crippen LogP contribution in [0.1, 0.15) is 69.9 Å². The number of sulfonamides is 1. The van der Waals surface area contributed by atoms with Crippen LogP contribution in [-0.2, 0) is 14.8 Å². The summed E-state index contributed by atoms with van der Waals surface area (Å²) in [7, 11) is -2.36. The second-order valence-corrected chi connectivity index (χ2v) is 11.8. The Bertz CT molecular complexity index is 1250. The second kappa shape index (κ2) is 14.4. The van der Waals surface area contributed by atoms with Crippen molar-refractivity contribution in [3.05, 3.63) is 58.5 Å². The van der Waals surface area contributed by atoms with E-state index >= 15 is 0 Å². The van der Waals surface area contributed by atoms with Gasteiger partial charge in [0.25, 0.3) is 15.9 Å². The molecule has 3 rings (SSSR count). The average molecular weight is 559 g/mol. The number of likely N-dealkylation sites (N-methyl/N-ethyl adjacent to an activating group) is 1. The van der Waals surface area contributed by atoms with E-state index in [1.165, 1.54) is 49.1 Å². The van der Waals surface area contributed by atoms with E-state index in [0.29, 0.717) is 29.6 Å². The average Bonchev–Trinajstić information content (AvgIpc) is 3.18. The number of hydrogen-bond donors (Lipinski definition) is 0. The highest BCUT2D eigenvalue weighted by Gasteiger charge is 2.34. The topological polar surface area (TPSA) is 85.3 Å². The van der Waals surface area contributed by atoms with Crippen LogP contribution >= 0.6 is 11.8 Å². The number of methoxy groups -OCH3 is 1. The summed E-state index contributed by atoms with van der Waals surface area (Å²) in [6.07, 6.45) is 10.2. The highest BCUT2D eigenvalue weighted by molar-refractivity contribution is 8.19. The predicted molar refractivity (Wildman–Crippen MR) is 155 cm³/mol. The highest BCUT2D eigenvalue weighted by Crippen LogP contribution is 2.35. The van der Waals surface area contributed by atoms with E-state index in [-0.39, 0.29) is 16.0 Å². The Hall–Kier alpha value is -2.78. The fraction of sp³-hybridized carbons (Fsp3) is 0.448. The fourth-order valence-electron chi connectivity index (χ4n) is 4.01. The molecule has 2 aromatic rings. The SMILES string of the molecule is CCCCCCCCCOc1ccc(C=C2SC(=NS(=O)(=O)c3ccc(C)cc3)N(CC)C2=O)cc1OC. The van der Waals surface area contributed by atoms with Gasteiger partial charge in [0, 0.05) is 6.54 Å². The van der Waals surface area contributed by atoms with E-state index in [0.717, 1.165) is 35.7 Å². The Labute approximate surface area is 231 Å². The molecule has 9 heteroatoms. The Kier molecular flexibility index (Phi) is 11.3. The van der Waals surface area contributed by atoms with E-state index in [2.05, 4.69) is 11.3 Å². The van der Waals surface area contributed by atoms with Gasteiger partial charge in [0.2, 0.25) is 0 Å². The maximum atomic E-state index is 13.0. The Balaban J connectivity index is 1.69. The zero-order valence-electron chi connectivity index (χ0n) is 22.7. The molecule has 0 aromatic heterocycles. The van der Waals surface area contributed by atoms with Crippen LogP contribution in [0.3, 0.4) is 0 Å². The molecule has 0 atom stereocenters. The van der Waals surface area contributed by atoms with Crippen molar-refractivity contribution in [3.8, 4) is 11.5 Å². The number of aryl methyl sites for hydroxylation is 1. The summed E-state index contributed by atoms with van der Waals surface area (Å²) >= 11 is 1.05. The molecule has 38 heavy (non-hydrogen) atoms. The molecule has 7 nitrogen and oxygen atoms in total. The first-order valence-electron chi connectivity index (χ1n) is 13.2. The van der Waals surface area contributed by atoms with Crippen molar-refractivity contribution in [2.75, 3.05) is 20.3 Å². The van der Waals surface area contributed by atoms with Gasteiger partial charge in [-0.05, 0) is 67.9 Å². The first-order chi connectivity index (χ1) is 18.3. The smallest absolute Gasteiger partial charge is 0.284 e. The van der Waals surface area contributed by atoms with Gasteiger partial charge < -0.3 is 9.47 Å². The first-order valence-corrected chi connectivity index (χ1v) is 15.5. The molecule has 206 valence electrons. The molecule has 1 fully saturated rings. The van der Waals surface area contributed by atoms with E-state index in [4.69, 9.17) is 9.47 Å². The van der Waals surface area contributed by atoms with Crippen LogP contribution in [0.15, 0.2) is 56.7 Å². The van der Waals surface area contributed by atoms with Crippen molar-refractivity contribution in [2.24, 2.45) is 4.40 Å². The third-order valence-electron chi connectivity index (χ3n) is 6.21. The van der Waals surface area contributed by atoms with E-state index in [1.807, 2.05) is 25.1 Å². The van der Waals surface area contributed by atoms with Gasteiger partial charge in [-0.25, -0.2) is 0 Å². The molecule has 1 amide bonds. The molecule has 2 aromatic carbocycles. The number of rotatable bonds is 14. The van der Waals surface area contributed by atoms with E-state index in [1.54, 1.807) is 32.2 Å². The van der Waals surface area contributed by atoms with Gasteiger partial charge in [-0.1, -0.05) is 69.2 Å². The standard InChI is InChI=1S/C29H38N2O5S2/c1-5-7-8-9-10-11-12-19-36-25-18-15-23(20-26(25)35-4)21-27-28(32)31(6-2)29(37-27)30-38(33,34)24-16-13-22(3)14-17-24/h13-18,20-21H,5-12,19H2,1-4H3. The predicted octanol–water partition coefficient (Wildman–Crippen LogP) is 6.81. The number of hydrogen-bond acceptors (Lipinski definition) is 6. The molecular formula is C29H38N2O5S2. The first kappa shape index (κ1) is 29.8. The van der Waals surface area contributed by atoms with Gasteiger partial charge in [0.15, 0.2) is 16.7 Å². The number of nitrogens with zero attached hydrogens (tertiary/aromatic N) is 2. The summed E-state index contributed by atoms with van der Waals surface area (Å²) in [5, 5.41) is 0.144. The third-order valence-corrected chi connectivity index (χ3v) is 8.62. The fourth-order valence-corrected chi connectivity index (χ4v) is 6.25. The number of thioether (sulfide) groups is 1. The lowest BCUT2D eigenvalue weighted by Crippen LogP contribution is -2.29. The van der Waals surface area contributed by atoms with Crippen molar-refractivity contribution in [1.82, 2.24) is 4.90 Å². The molecule has 0 N–H and O–H groups in total. The van der Waals surface area contributed by atoms with Crippen LogP contribution in [0.2, 0.25) is 0 Å². The Morgan fingerprint density at radius 3 is 2.29 bits per heavy atom. The number of ether oxygens (including phenoxy) is 2. The molecule has 1 aliphatic rings. The normalized spacial score (nSPS) is 16.0. The van der Waals surface area contributed by atoms with Gasteiger partial charge in [0.05, 0.1) is 23.5 Å². The molecule has 0 radical (unpaired) electrons. The molecule has 0 bridgehead atoms. The maximum Gasteiger partial charge on any atom is 0.284 e. The van der Waals surface area contributed by atoms with Gasteiger partial charge in [-0.15, -0.1) is 4.40 Å². The molecular weight excluding hydrogens is 520 g/mol. The quantitative estimate of drug-likeness (QED) is 0.187. The van der Waals surface area contributed by atoms with Crippen LogP contribution in [0.4, 0.5) is 0 Å². The minimum Gasteiger partial charge on any atom is -0.493 e. The zero-order valence-corrected chi connectivity index (χ0v) is 24.4. The van der Waals surface area contributed by atoms with Crippen LogP contribution in [0, 0.1) is 6.92 Å². The van der Waals surface area contributed by atoms with Crippen molar-refractivity contribution >= 4 is 38.9 Å². The molecule has 0 saturated carbocycles. The van der Waals surface area contributed by atoms with Gasteiger partial charge in [0.1, 0.15) is 0 Å². The minimum atomic E-state index is -3.95. The second-order valence-electron chi connectivity index (χ2n) is 9.20. The summed E-state index contributed by atoms with van der Waals surface area (Å²) in [6.45, 7) is 6.82. The van der Waals surface area contributed by atoms with Gasteiger partial charge in [-0.2, -0.15) is 8.42 Å². The molecule has 1 saturated heterocycles.